The smallest absolute Gasteiger partial charge is 0.312 e. The maximum Gasteiger partial charge on any atom is 0.312 e. The summed E-state index contributed by atoms with van der Waals surface area (Å²) in [6.07, 6.45) is -24.5. The van der Waals surface area contributed by atoms with Crippen molar-refractivity contribution in [1.82, 2.24) is 0 Å². The molecule has 17 N–H and O–H groups in total. The van der Waals surface area contributed by atoms with E-state index in [1.807, 2.05) is 6.92 Å². The second kappa shape index (κ2) is 23.4. The van der Waals surface area contributed by atoms with Gasteiger partial charge in [0.25, 0.3) is 0 Å². The van der Waals surface area contributed by atoms with Gasteiger partial charge < -0.3 is 110 Å². The summed E-state index contributed by atoms with van der Waals surface area (Å²) in [5.74, 6) is -5.24. The molecule has 9 aliphatic carbocycles. The number of rotatable bonds is 15. The molecule has 0 radical (unpaired) electrons. The molecular formula is C55H90O23. The first-order valence-electron chi connectivity index (χ1n) is 28.6. The summed E-state index contributed by atoms with van der Waals surface area (Å²) >= 11 is 0. The van der Waals surface area contributed by atoms with E-state index >= 15 is 4.79 Å². The van der Waals surface area contributed by atoms with E-state index in [1.165, 1.54) is 0 Å². The summed E-state index contributed by atoms with van der Waals surface area (Å²) in [5, 5.41) is 184. The SMILES string of the molecule is C=C1C[C@@]23CCC4[C@](C)(C(=O)OC5CC(CO)C(O)C(OC6CC(CO)C(O)C(O)C6O)C5OC5CC(CO)C(O)C(O)C5O)CCC[C@@]4(C)[C@@H]2CCC1(OC1CC(CO)C(O)C(OC2CC(CO)C(O)C(O)C2O)C1O)C3. The predicted octanol–water partition coefficient (Wildman–Crippen LogP) is -3.97. The van der Waals surface area contributed by atoms with Crippen LogP contribution in [0, 0.1) is 57.7 Å². The minimum atomic E-state index is -1.76. The minimum Gasteiger partial charge on any atom is -0.459 e. The Kier molecular flexibility index (Phi) is 18.3. The van der Waals surface area contributed by atoms with Gasteiger partial charge in [0.1, 0.15) is 67.1 Å². The number of carbonyl (C=O) groups excluding carboxylic acids is 1. The van der Waals surface area contributed by atoms with Crippen molar-refractivity contribution < 1.29 is 115 Å². The van der Waals surface area contributed by atoms with Crippen molar-refractivity contribution in [2.24, 2.45) is 57.7 Å². The van der Waals surface area contributed by atoms with E-state index in [2.05, 4.69) is 13.5 Å². The lowest BCUT2D eigenvalue weighted by Gasteiger charge is -2.64. The molecule has 0 aliphatic heterocycles. The molecule has 9 aliphatic rings. The summed E-state index contributed by atoms with van der Waals surface area (Å²) in [7, 11) is 0. The molecule has 0 aromatic heterocycles. The number of hydrogen-bond donors (Lipinski definition) is 17. The number of fused-ring (bicyclic) bond motifs is 3. The van der Waals surface area contributed by atoms with Gasteiger partial charge in [-0.15, -0.1) is 0 Å². The van der Waals surface area contributed by atoms with E-state index in [4.69, 9.17) is 23.7 Å². The van der Waals surface area contributed by atoms with Crippen molar-refractivity contribution in [3.05, 3.63) is 12.2 Å². The highest BCUT2D eigenvalue weighted by atomic mass is 16.6. The highest BCUT2D eigenvalue weighted by Gasteiger charge is 2.69. The normalized spacial score (nSPS) is 54.5. The Bertz CT molecular complexity index is 2070. The molecule has 0 aromatic carbocycles. The van der Waals surface area contributed by atoms with Gasteiger partial charge >= 0.3 is 5.97 Å². The standard InChI is InChI=1S/C55H90O23/c1-23-16-54-9-5-34-52(2,35(54)6-10-55(23,22-54)78-32-14-27(20-59)39(64)49(44(32)69)75-30-12-25(18-57)37(62)46(71)42(30)67)7-4-8-53(34,3)51(73)77-33-15-28(21-60)40(65)50(76-31-13-26(19-58)38(63)47(72)43(31)68)48(33)74-29-11-24(17-56)36(61)45(70)41(29)66/h24-50,56-72H,1,4-22H2,2-3H3/t24?,25?,26?,27?,28?,29?,30?,31?,32?,33?,34?,35-,36?,37?,38?,39?,40?,41?,42?,43?,44?,45?,46?,47?,48?,49?,50?,52+,53+,54+,55?/m0/s1. The number of esters is 1. The quantitative estimate of drug-likeness (QED) is 0.0549. The molecule has 0 amide bonds. The highest BCUT2D eigenvalue weighted by Crippen LogP contribution is 2.74. The molecule has 0 saturated heterocycles. The van der Waals surface area contributed by atoms with Crippen molar-refractivity contribution >= 4 is 5.97 Å². The van der Waals surface area contributed by atoms with Gasteiger partial charge in [-0.2, -0.15) is 0 Å². The molecule has 9 saturated carbocycles. The molecule has 23 heteroatoms. The molecule has 78 heavy (non-hydrogen) atoms. The molecular weight excluding hydrogens is 1030 g/mol. The van der Waals surface area contributed by atoms with E-state index in [1.54, 1.807) is 0 Å². The summed E-state index contributed by atoms with van der Waals surface area (Å²) in [6, 6.07) is 0. The van der Waals surface area contributed by atoms with E-state index in [0.29, 0.717) is 51.4 Å². The average molecular weight is 1120 g/mol. The van der Waals surface area contributed by atoms with Crippen molar-refractivity contribution in [3.63, 3.8) is 0 Å². The third-order valence-electron chi connectivity index (χ3n) is 21.8. The lowest BCUT2D eigenvalue weighted by Crippen LogP contribution is -2.64. The Morgan fingerprint density at radius 1 is 0.474 bits per heavy atom. The Balaban J connectivity index is 0.949. The molecule has 9 rings (SSSR count). The molecule has 0 heterocycles. The monoisotopic (exact) mass is 1120 g/mol. The summed E-state index contributed by atoms with van der Waals surface area (Å²) in [6.45, 7) is 5.96. The van der Waals surface area contributed by atoms with Crippen molar-refractivity contribution in [3.8, 4) is 0 Å². The molecule has 0 aromatic rings. The Morgan fingerprint density at radius 3 is 1.40 bits per heavy atom. The second-order valence-corrected chi connectivity index (χ2v) is 26.1. The molecule has 2 bridgehead atoms. The van der Waals surface area contributed by atoms with Crippen molar-refractivity contribution in [2.75, 3.05) is 33.0 Å². The van der Waals surface area contributed by atoms with Crippen LogP contribution in [-0.2, 0) is 28.5 Å². The van der Waals surface area contributed by atoms with Crippen LogP contribution < -0.4 is 0 Å². The van der Waals surface area contributed by atoms with Crippen LogP contribution >= 0.6 is 0 Å². The van der Waals surface area contributed by atoms with Crippen LogP contribution in [0.25, 0.3) is 0 Å². The summed E-state index contributed by atoms with van der Waals surface area (Å²) in [5.41, 5.74) is -1.89. The second-order valence-electron chi connectivity index (χ2n) is 26.1. The van der Waals surface area contributed by atoms with Crippen LogP contribution in [0.1, 0.15) is 104 Å². The maximum absolute atomic E-state index is 15.4. The first-order chi connectivity index (χ1) is 36.9. The molecule has 23 nitrogen and oxygen atoms in total. The van der Waals surface area contributed by atoms with Crippen LogP contribution in [0.5, 0.6) is 0 Å². The van der Waals surface area contributed by atoms with Gasteiger partial charge in [-0.05, 0) is 119 Å². The number of aliphatic hydroxyl groups excluding tert-OH is 17. The Labute approximate surface area is 454 Å². The van der Waals surface area contributed by atoms with Gasteiger partial charge in [-0.1, -0.05) is 19.9 Å². The third-order valence-corrected chi connectivity index (χ3v) is 21.8. The lowest BCUT2D eigenvalue weighted by atomic mass is 9.41. The predicted molar refractivity (Wildman–Crippen MR) is 268 cm³/mol. The first kappa shape index (κ1) is 60.9. The van der Waals surface area contributed by atoms with Crippen LogP contribution in [0.4, 0.5) is 0 Å². The van der Waals surface area contributed by atoms with Gasteiger partial charge in [0.2, 0.25) is 0 Å². The van der Waals surface area contributed by atoms with Gasteiger partial charge in [-0.25, -0.2) is 0 Å². The average Bonchev–Trinajstić information content (AvgIpc) is 3.88. The zero-order valence-electron chi connectivity index (χ0n) is 44.8. The third kappa shape index (κ3) is 10.4. The van der Waals surface area contributed by atoms with E-state index in [9.17, 15) is 86.8 Å². The summed E-state index contributed by atoms with van der Waals surface area (Å²) < 4.78 is 32.8. The van der Waals surface area contributed by atoms with Gasteiger partial charge in [0.15, 0.2) is 0 Å². The summed E-state index contributed by atoms with van der Waals surface area (Å²) in [4.78, 5) is 15.4. The van der Waals surface area contributed by atoms with Crippen LogP contribution in [-0.4, -0.2) is 253 Å². The van der Waals surface area contributed by atoms with E-state index in [0.717, 1.165) is 12.0 Å². The Hall–Kier alpha value is -1.63. The zero-order valence-corrected chi connectivity index (χ0v) is 44.8. The van der Waals surface area contributed by atoms with Gasteiger partial charge in [-0.3, -0.25) is 4.79 Å². The molecule has 9 fully saturated rings. The van der Waals surface area contributed by atoms with Crippen molar-refractivity contribution in [2.45, 2.75) is 231 Å². The highest BCUT2D eigenvalue weighted by molar-refractivity contribution is 5.77. The van der Waals surface area contributed by atoms with Crippen molar-refractivity contribution in [1.29, 1.82) is 0 Å². The first-order valence-corrected chi connectivity index (χ1v) is 28.6. The fraction of sp³-hybridized carbons (Fsp3) is 0.945. The number of hydrogen-bond acceptors (Lipinski definition) is 23. The maximum atomic E-state index is 15.4. The fourth-order valence-corrected chi connectivity index (χ4v) is 17.3. The number of carbonyl (C=O) groups is 1. The van der Waals surface area contributed by atoms with Crippen LogP contribution in [0.2, 0.25) is 0 Å². The fourth-order valence-electron chi connectivity index (χ4n) is 17.3. The zero-order chi connectivity index (χ0) is 56.7. The number of aliphatic hydroxyl groups is 17. The molecule has 448 valence electrons. The Morgan fingerprint density at radius 2 is 0.897 bits per heavy atom. The molecule has 27 unspecified atom stereocenters. The topological polar surface area (TPSA) is 407 Å². The van der Waals surface area contributed by atoms with Gasteiger partial charge in [0.05, 0.1) is 66.0 Å². The number of ether oxygens (including phenoxy) is 5. The van der Waals surface area contributed by atoms with E-state index < -0.39 is 207 Å². The van der Waals surface area contributed by atoms with Crippen LogP contribution in [0.3, 0.4) is 0 Å². The largest absolute Gasteiger partial charge is 0.459 e. The van der Waals surface area contributed by atoms with Crippen LogP contribution in [0.15, 0.2) is 12.2 Å². The lowest BCUT2D eigenvalue weighted by molar-refractivity contribution is -0.277. The van der Waals surface area contributed by atoms with Gasteiger partial charge in [0, 0.05) is 62.6 Å². The molecule has 1 spiro atoms. The van der Waals surface area contributed by atoms with E-state index in [-0.39, 0.29) is 49.4 Å². The molecule has 31 atom stereocenters. The minimum absolute atomic E-state index is 0.0730.